The van der Waals surface area contributed by atoms with Gasteiger partial charge in [-0.25, -0.2) is 0 Å². The van der Waals surface area contributed by atoms with E-state index in [4.69, 9.17) is 0 Å². The Bertz CT molecular complexity index is 823. The minimum absolute atomic E-state index is 0.664. The Hall–Kier alpha value is -1.30. The van der Waals surface area contributed by atoms with Gasteiger partial charge in [-0.1, -0.05) is 30.3 Å². The molecule has 2 aromatic carbocycles. The zero-order valence-electron chi connectivity index (χ0n) is 15.5. The first-order valence-electron chi connectivity index (χ1n) is 9.35. The van der Waals surface area contributed by atoms with Crippen molar-refractivity contribution in [3.8, 4) is 0 Å². The van der Waals surface area contributed by atoms with Crippen LogP contribution in [0, 0.1) is 0 Å². The highest BCUT2D eigenvalue weighted by atomic mass is 32.2. The van der Waals surface area contributed by atoms with Crippen LogP contribution >= 0.6 is 11.8 Å². The van der Waals surface area contributed by atoms with E-state index in [1.165, 1.54) is 47.0 Å². The lowest BCUT2D eigenvalue weighted by atomic mass is 9.99. The Morgan fingerprint density at radius 2 is 1.92 bits per heavy atom. The molecule has 4 rings (SSSR count). The molecular weight excluding hydrogens is 360 g/mol. The summed E-state index contributed by atoms with van der Waals surface area (Å²) in [6.07, 6.45) is 6.88. The van der Waals surface area contributed by atoms with Crippen LogP contribution in [0.5, 0.6) is 0 Å². The van der Waals surface area contributed by atoms with E-state index in [1.807, 2.05) is 17.8 Å². The van der Waals surface area contributed by atoms with Gasteiger partial charge in [0.05, 0.1) is 11.4 Å². The van der Waals surface area contributed by atoms with Gasteiger partial charge >= 0.3 is 0 Å². The van der Waals surface area contributed by atoms with Crippen LogP contribution in [0.25, 0.3) is 0 Å². The van der Waals surface area contributed by atoms with Crippen LogP contribution in [0.15, 0.2) is 57.2 Å². The zero-order valence-corrected chi connectivity index (χ0v) is 17.1. The van der Waals surface area contributed by atoms with Crippen LogP contribution in [0.2, 0.25) is 0 Å². The molecule has 26 heavy (non-hydrogen) atoms. The summed E-state index contributed by atoms with van der Waals surface area (Å²) >= 11 is 1.82. The molecule has 2 aromatic rings. The van der Waals surface area contributed by atoms with Gasteiger partial charge in [0.25, 0.3) is 0 Å². The average molecular weight is 387 g/mol. The molecule has 2 atom stereocenters. The summed E-state index contributed by atoms with van der Waals surface area (Å²) in [5, 5.41) is 0. The molecule has 0 N–H and O–H groups in total. The Morgan fingerprint density at radius 3 is 2.73 bits per heavy atom. The van der Waals surface area contributed by atoms with Crippen molar-refractivity contribution in [1.29, 1.82) is 0 Å². The van der Waals surface area contributed by atoms with E-state index in [9.17, 15) is 4.21 Å². The van der Waals surface area contributed by atoms with Crippen molar-refractivity contribution in [3.05, 3.63) is 42.5 Å². The first-order valence-corrected chi connectivity index (χ1v) is 11.7. The first kappa shape index (κ1) is 18.1. The molecule has 2 heterocycles. The number of likely N-dealkylation sites (tertiary alicyclic amines) is 1. The van der Waals surface area contributed by atoms with Crippen molar-refractivity contribution in [2.45, 2.75) is 46.4 Å². The van der Waals surface area contributed by atoms with Gasteiger partial charge in [0.2, 0.25) is 0 Å². The molecule has 0 aromatic heterocycles. The quantitative estimate of drug-likeness (QED) is 0.745. The van der Waals surface area contributed by atoms with Gasteiger partial charge in [-0.3, -0.25) is 4.21 Å². The van der Waals surface area contributed by atoms with E-state index >= 15 is 0 Å². The van der Waals surface area contributed by atoms with Gasteiger partial charge < -0.3 is 9.80 Å². The SMILES string of the molecule is CN1CCCC[C@H]1CCN1c2ccccc2Sc2ccc([S@@](C)=O)cc21. The van der Waals surface area contributed by atoms with E-state index < -0.39 is 10.8 Å². The fraction of sp³-hybridized carbons (Fsp3) is 0.429. The lowest BCUT2D eigenvalue weighted by Crippen LogP contribution is -2.38. The molecule has 0 amide bonds. The molecule has 0 saturated carbocycles. The zero-order chi connectivity index (χ0) is 18.1. The second kappa shape index (κ2) is 7.75. The molecule has 0 bridgehead atoms. The van der Waals surface area contributed by atoms with E-state index in [2.05, 4.69) is 53.2 Å². The van der Waals surface area contributed by atoms with E-state index in [1.54, 1.807) is 6.26 Å². The highest BCUT2D eigenvalue weighted by Crippen LogP contribution is 2.48. The minimum atomic E-state index is -0.958. The van der Waals surface area contributed by atoms with Crippen molar-refractivity contribution in [2.24, 2.45) is 0 Å². The number of nitrogens with zero attached hydrogens (tertiary/aromatic N) is 2. The normalized spacial score (nSPS) is 21.2. The van der Waals surface area contributed by atoms with E-state index in [-0.39, 0.29) is 0 Å². The van der Waals surface area contributed by atoms with Gasteiger partial charge in [0.1, 0.15) is 0 Å². The van der Waals surface area contributed by atoms with E-state index in [0.29, 0.717) is 6.04 Å². The standard InChI is InChI=1S/C21H26N2OS2/c1-22-13-6-5-7-16(22)12-14-23-18-8-3-4-9-20(18)25-21-11-10-17(26(2)24)15-19(21)23/h3-4,8-11,15-16H,5-7,12-14H2,1-2H3/t16-,26+/m0/s1. The lowest BCUT2D eigenvalue weighted by molar-refractivity contribution is 0.178. The number of rotatable bonds is 4. The van der Waals surface area contributed by atoms with Crippen LogP contribution < -0.4 is 4.90 Å². The fourth-order valence-corrected chi connectivity index (χ4v) is 5.63. The number of para-hydroxylation sites is 1. The average Bonchev–Trinajstić information content (AvgIpc) is 2.66. The Balaban J connectivity index is 1.65. The van der Waals surface area contributed by atoms with E-state index in [0.717, 1.165) is 17.9 Å². The third-order valence-electron chi connectivity index (χ3n) is 5.54. The maximum absolute atomic E-state index is 12.0. The number of anilines is 2. The van der Waals surface area contributed by atoms with Crippen molar-refractivity contribution in [3.63, 3.8) is 0 Å². The Labute approximate surface area is 163 Å². The second-order valence-electron chi connectivity index (χ2n) is 7.22. The third kappa shape index (κ3) is 3.57. The fourth-order valence-electron chi connectivity index (χ4n) is 4.02. The number of piperidine rings is 1. The number of benzene rings is 2. The molecule has 1 saturated heterocycles. The van der Waals surface area contributed by atoms with Crippen molar-refractivity contribution >= 4 is 33.9 Å². The number of hydrogen-bond donors (Lipinski definition) is 0. The van der Waals surface area contributed by atoms with Crippen LogP contribution in [0.1, 0.15) is 25.7 Å². The van der Waals surface area contributed by atoms with Gasteiger partial charge in [0, 0.05) is 44.3 Å². The van der Waals surface area contributed by atoms with Crippen molar-refractivity contribution < 1.29 is 4.21 Å². The molecule has 138 valence electrons. The molecule has 0 aliphatic carbocycles. The van der Waals surface area contributed by atoms with Crippen molar-refractivity contribution in [2.75, 3.05) is 31.3 Å². The van der Waals surface area contributed by atoms with Crippen molar-refractivity contribution in [1.82, 2.24) is 4.90 Å². The minimum Gasteiger partial charge on any atom is -0.340 e. The molecule has 1 fully saturated rings. The summed E-state index contributed by atoms with van der Waals surface area (Å²) in [5.74, 6) is 0. The molecule has 5 heteroatoms. The summed E-state index contributed by atoms with van der Waals surface area (Å²) in [7, 11) is 1.30. The maximum Gasteiger partial charge on any atom is 0.0565 e. The van der Waals surface area contributed by atoms with Gasteiger partial charge in [0.15, 0.2) is 0 Å². The maximum atomic E-state index is 12.0. The lowest BCUT2D eigenvalue weighted by Gasteiger charge is -2.37. The molecule has 0 spiro atoms. The second-order valence-corrected chi connectivity index (χ2v) is 9.69. The molecule has 3 nitrogen and oxygen atoms in total. The number of hydrogen-bond acceptors (Lipinski definition) is 4. The molecular formula is C21H26N2OS2. The van der Waals surface area contributed by atoms with Crippen LogP contribution in [0.3, 0.4) is 0 Å². The summed E-state index contributed by atoms with van der Waals surface area (Å²) in [6.45, 7) is 2.21. The summed E-state index contributed by atoms with van der Waals surface area (Å²) in [4.78, 5) is 8.44. The van der Waals surface area contributed by atoms with Gasteiger partial charge in [-0.05, 0) is 63.2 Å². The van der Waals surface area contributed by atoms with Crippen LogP contribution in [-0.2, 0) is 10.8 Å². The van der Waals surface area contributed by atoms with Gasteiger partial charge in [-0.2, -0.15) is 0 Å². The Morgan fingerprint density at radius 1 is 1.12 bits per heavy atom. The molecule has 2 aliphatic rings. The molecule has 0 radical (unpaired) electrons. The highest BCUT2D eigenvalue weighted by molar-refractivity contribution is 7.99. The molecule has 0 unspecified atom stereocenters. The van der Waals surface area contributed by atoms with Gasteiger partial charge in [-0.15, -0.1) is 0 Å². The summed E-state index contributed by atoms with van der Waals surface area (Å²) in [5.41, 5.74) is 2.49. The molecule has 2 aliphatic heterocycles. The largest absolute Gasteiger partial charge is 0.340 e. The third-order valence-corrected chi connectivity index (χ3v) is 7.58. The predicted molar refractivity (Wildman–Crippen MR) is 111 cm³/mol. The first-order chi connectivity index (χ1) is 12.6. The highest BCUT2D eigenvalue weighted by Gasteiger charge is 2.26. The predicted octanol–water partition coefficient (Wildman–Crippen LogP) is 4.90. The monoisotopic (exact) mass is 386 g/mol. The van der Waals surface area contributed by atoms with Crippen LogP contribution in [-0.4, -0.2) is 41.5 Å². The topological polar surface area (TPSA) is 23.6 Å². The number of fused-ring (bicyclic) bond motifs is 2. The Kier molecular flexibility index (Phi) is 5.39. The summed E-state index contributed by atoms with van der Waals surface area (Å²) < 4.78 is 12.0. The smallest absolute Gasteiger partial charge is 0.0565 e. The van der Waals surface area contributed by atoms with Crippen LogP contribution in [0.4, 0.5) is 11.4 Å². The summed E-state index contributed by atoms with van der Waals surface area (Å²) in [6, 6.07) is 15.6.